The fourth-order valence-electron chi connectivity index (χ4n) is 5.05. The fraction of sp³-hybridized carbons (Fsp3) is 0.267. The Morgan fingerprint density at radius 2 is 1.86 bits per heavy atom. The van der Waals surface area contributed by atoms with Gasteiger partial charge in [-0.1, -0.05) is 36.4 Å². The molecule has 2 heterocycles. The summed E-state index contributed by atoms with van der Waals surface area (Å²) in [7, 11) is 0. The Labute approximate surface area is 215 Å². The third-order valence-electron chi connectivity index (χ3n) is 6.79. The van der Waals surface area contributed by atoms with E-state index < -0.39 is 17.7 Å². The summed E-state index contributed by atoms with van der Waals surface area (Å²) in [5, 5.41) is 21.7. The average Bonchev–Trinajstić information content (AvgIpc) is 3.39. The van der Waals surface area contributed by atoms with Crippen LogP contribution in [0.5, 0.6) is 17.2 Å². The molecule has 3 aromatic carbocycles. The topological polar surface area (TPSA) is 96.3 Å². The molecule has 5 rings (SSSR count). The summed E-state index contributed by atoms with van der Waals surface area (Å²) in [5.41, 5.74) is 2.99. The Hall–Kier alpha value is -4.26. The van der Waals surface area contributed by atoms with Crippen molar-refractivity contribution in [1.29, 1.82) is 0 Å². The van der Waals surface area contributed by atoms with E-state index in [0.717, 1.165) is 16.9 Å². The molecule has 37 heavy (non-hydrogen) atoms. The van der Waals surface area contributed by atoms with Crippen molar-refractivity contribution in [3.05, 3.63) is 94.6 Å². The number of rotatable bonds is 7. The van der Waals surface area contributed by atoms with E-state index in [1.165, 1.54) is 11.0 Å². The van der Waals surface area contributed by atoms with Gasteiger partial charge in [-0.2, -0.15) is 0 Å². The third kappa shape index (κ3) is 4.65. The van der Waals surface area contributed by atoms with Crippen molar-refractivity contribution >= 4 is 17.4 Å². The van der Waals surface area contributed by atoms with Crippen LogP contribution < -0.4 is 9.47 Å². The first-order valence-electron chi connectivity index (χ1n) is 12.5. The number of aromatic hydroxyl groups is 1. The quantitative estimate of drug-likeness (QED) is 0.276. The van der Waals surface area contributed by atoms with Crippen LogP contribution in [0.1, 0.15) is 42.1 Å². The Morgan fingerprint density at radius 3 is 2.62 bits per heavy atom. The Balaban J connectivity index is 1.60. The lowest BCUT2D eigenvalue weighted by molar-refractivity contribution is -0.139. The second-order valence-corrected chi connectivity index (χ2v) is 9.34. The van der Waals surface area contributed by atoms with E-state index in [0.29, 0.717) is 30.6 Å². The molecule has 0 aromatic heterocycles. The van der Waals surface area contributed by atoms with Gasteiger partial charge in [-0.25, -0.2) is 0 Å². The summed E-state index contributed by atoms with van der Waals surface area (Å²) in [6.07, 6.45) is 1.26. The van der Waals surface area contributed by atoms with Gasteiger partial charge in [-0.15, -0.1) is 0 Å². The molecule has 2 aliphatic heterocycles. The van der Waals surface area contributed by atoms with Gasteiger partial charge in [0, 0.05) is 18.5 Å². The Morgan fingerprint density at radius 1 is 1.08 bits per heavy atom. The van der Waals surface area contributed by atoms with Crippen LogP contribution in [0.4, 0.5) is 0 Å². The van der Waals surface area contributed by atoms with E-state index in [1.54, 1.807) is 31.2 Å². The molecule has 0 aliphatic carbocycles. The number of phenolic OH excluding ortho intramolecular Hbond substituents is 1. The zero-order valence-electron chi connectivity index (χ0n) is 20.8. The second-order valence-electron chi connectivity index (χ2n) is 9.34. The second kappa shape index (κ2) is 10.0. The summed E-state index contributed by atoms with van der Waals surface area (Å²) >= 11 is 0. The molecule has 1 fully saturated rings. The van der Waals surface area contributed by atoms with Crippen molar-refractivity contribution in [2.24, 2.45) is 0 Å². The standard InChI is InChI=1S/C30H29NO6/c1-3-36-25-17-20(9-11-23(25)32)27-26(28(33)21-10-12-24-22(16-21)15-18(2)37-24)29(34)30(35)31(27)14-13-19-7-5-4-6-8-19/h4-12,16-18,27,32-33H,3,13-15H2,1-2H3/t18-,27+/m1/s1. The lowest BCUT2D eigenvalue weighted by atomic mass is 9.94. The van der Waals surface area contributed by atoms with Crippen LogP contribution >= 0.6 is 0 Å². The molecular formula is C30H29NO6. The summed E-state index contributed by atoms with van der Waals surface area (Å²) in [4.78, 5) is 28.2. The maximum atomic E-state index is 13.4. The smallest absolute Gasteiger partial charge is 0.295 e. The van der Waals surface area contributed by atoms with Crippen LogP contribution in [-0.2, 0) is 22.4 Å². The van der Waals surface area contributed by atoms with Crippen molar-refractivity contribution in [2.75, 3.05) is 13.2 Å². The first-order chi connectivity index (χ1) is 17.9. The zero-order chi connectivity index (χ0) is 26.1. The first kappa shape index (κ1) is 24.4. The van der Waals surface area contributed by atoms with Crippen LogP contribution in [0.25, 0.3) is 5.76 Å². The molecule has 0 saturated carbocycles. The summed E-state index contributed by atoms with van der Waals surface area (Å²) in [5.74, 6) is -0.696. The van der Waals surface area contributed by atoms with Crippen LogP contribution in [0.2, 0.25) is 0 Å². The number of aliphatic hydroxyl groups is 1. The van der Waals surface area contributed by atoms with Crippen molar-refractivity contribution in [2.45, 2.75) is 38.8 Å². The van der Waals surface area contributed by atoms with Gasteiger partial charge in [-0.05, 0) is 67.3 Å². The molecular weight excluding hydrogens is 470 g/mol. The maximum absolute atomic E-state index is 13.4. The first-order valence-corrected chi connectivity index (χ1v) is 12.5. The molecule has 0 radical (unpaired) electrons. The van der Waals surface area contributed by atoms with E-state index in [1.807, 2.05) is 43.3 Å². The van der Waals surface area contributed by atoms with Crippen LogP contribution in [-0.4, -0.2) is 46.1 Å². The van der Waals surface area contributed by atoms with Crippen molar-refractivity contribution in [1.82, 2.24) is 4.90 Å². The van der Waals surface area contributed by atoms with E-state index in [2.05, 4.69) is 0 Å². The summed E-state index contributed by atoms with van der Waals surface area (Å²) in [6, 6.07) is 18.9. The number of aliphatic hydroxyl groups excluding tert-OH is 1. The molecule has 2 N–H and O–H groups in total. The number of fused-ring (bicyclic) bond motifs is 1. The summed E-state index contributed by atoms with van der Waals surface area (Å²) in [6.45, 7) is 4.38. The third-order valence-corrected chi connectivity index (χ3v) is 6.79. The normalized spacial score (nSPS) is 20.1. The van der Waals surface area contributed by atoms with Gasteiger partial charge in [0.25, 0.3) is 11.7 Å². The van der Waals surface area contributed by atoms with E-state index in [-0.39, 0.29) is 35.5 Å². The van der Waals surface area contributed by atoms with Crippen LogP contribution in [0.15, 0.2) is 72.3 Å². The minimum absolute atomic E-state index is 0.0121. The number of benzene rings is 3. The number of carbonyl (C=O) groups excluding carboxylic acids is 2. The molecule has 1 saturated heterocycles. The number of amides is 1. The van der Waals surface area contributed by atoms with Gasteiger partial charge in [0.2, 0.25) is 0 Å². The van der Waals surface area contributed by atoms with Gasteiger partial charge in [0.15, 0.2) is 11.5 Å². The number of ether oxygens (including phenoxy) is 2. The van der Waals surface area contributed by atoms with Gasteiger partial charge >= 0.3 is 0 Å². The molecule has 7 nitrogen and oxygen atoms in total. The lowest BCUT2D eigenvalue weighted by Crippen LogP contribution is -2.31. The van der Waals surface area contributed by atoms with E-state index in [4.69, 9.17) is 9.47 Å². The van der Waals surface area contributed by atoms with Crippen molar-refractivity contribution < 1.29 is 29.3 Å². The van der Waals surface area contributed by atoms with Gasteiger partial charge < -0.3 is 24.6 Å². The molecule has 190 valence electrons. The largest absolute Gasteiger partial charge is 0.507 e. The number of nitrogens with zero attached hydrogens (tertiary/aromatic N) is 1. The van der Waals surface area contributed by atoms with Gasteiger partial charge in [0.05, 0.1) is 18.2 Å². The number of hydrogen-bond donors (Lipinski definition) is 2. The molecule has 0 unspecified atom stereocenters. The Bertz CT molecular complexity index is 1380. The average molecular weight is 500 g/mol. The fourth-order valence-corrected chi connectivity index (χ4v) is 5.05. The van der Waals surface area contributed by atoms with E-state index in [9.17, 15) is 19.8 Å². The van der Waals surface area contributed by atoms with Crippen molar-refractivity contribution in [3.8, 4) is 17.2 Å². The van der Waals surface area contributed by atoms with Gasteiger partial charge in [-0.3, -0.25) is 9.59 Å². The minimum atomic E-state index is -0.841. The van der Waals surface area contributed by atoms with E-state index >= 15 is 0 Å². The zero-order valence-corrected chi connectivity index (χ0v) is 20.8. The molecule has 0 spiro atoms. The predicted octanol–water partition coefficient (Wildman–Crippen LogP) is 4.78. The number of likely N-dealkylation sites (tertiary alicyclic amines) is 1. The number of Topliss-reactive ketones (excluding diaryl/α,β-unsaturated/α-hetero) is 1. The summed E-state index contributed by atoms with van der Waals surface area (Å²) < 4.78 is 11.3. The van der Waals surface area contributed by atoms with Crippen molar-refractivity contribution in [3.63, 3.8) is 0 Å². The number of hydrogen-bond acceptors (Lipinski definition) is 6. The SMILES string of the molecule is CCOc1cc([C@H]2C(=C(O)c3ccc4c(c3)C[C@@H](C)O4)C(=O)C(=O)N2CCc2ccccc2)ccc1O. The van der Waals surface area contributed by atoms with Gasteiger partial charge in [0.1, 0.15) is 17.6 Å². The predicted molar refractivity (Wildman–Crippen MR) is 139 cm³/mol. The molecule has 0 bridgehead atoms. The molecule has 3 aromatic rings. The number of ketones is 1. The molecule has 7 heteroatoms. The lowest BCUT2D eigenvalue weighted by Gasteiger charge is -2.26. The highest BCUT2D eigenvalue weighted by molar-refractivity contribution is 6.46. The highest BCUT2D eigenvalue weighted by Crippen LogP contribution is 2.42. The number of carbonyl (C=O) groups is 2. The molecule has 2 aliphatic rings. The monoisotopic (exact) mass is 499 g/mol. The highest BCUT2D eigenvalue weighted by atomic mass is 16.5. The van der Waals surface area contributed by atoms with Crippen LogP contribution in [0.3, 0.4) is 0 Å². The number of phenols is 1. The highest BCUT2D eigenvalue weighted by Gasteiger charge is 2.46. The maximum Gasteiger partial charge on any atom is 0.295 e. The van der Waals surface area contributed by atoms with Crippen LogP contribution in [0, 0.1) is 0 Å². The molecule has 1 amide bonds. The molecule has 2 atom stereocenters. The Kier molecular flexibility index (Phi) is 6.61. The minimum Gasteiger partial charge on any atom is -0.507 e.